The van der Waals surface area contributed by atoms with Crippen molar-refractivity contribution in [1.29, 1.82) is 0 Å². The van der Waals surface area contributed by atoms with Gasteiger partial charge in [-0.1, -0.05) is 72.8 Å². The molecule has 0 amide bonds. The van der Waals surface area contributed by atoms with E-state index < -0.39 is 0 Å². The highest BCUT2D eigenvalue weighted by Crippen LogP contribution is 2.21. The van der Waals surface area contributed by atoms with Gasteiger partial charge in [-0.3, -0.25) is 0 Å². The first kappa shape index (κ1) is 17.9. The monoisotopic (exact) mass is 362 g/mol. The molecule has 0 spiro atoms. The maximum Gasteiger partial charge on any atom is 0.0897 e. The van der Waals surface area contributed by atoms with Crippen LogP contribution in [0.2, 0.25) is 0 Å². The molecular weight excluding hydrogens is 340 g/mol. The number of rotatable bonds is 4. The summed E-state index contributed by atoms with van der Waals surface area (Å²) in [6, 6.07) is 24.7. The SMILES string of the molecule is Cc1cc2nc(C=Cc3ccccc3)c(C=Cc3ccccc3)nc2cc1C. The molecule has 4 aromatic rings. The van der Waals surface area contributed by atoms with Crippen molar-refractivity contribution in [3.8, 4) is 0 Å². The summed E-state index contributed by atoms with van der Waals surface area (Å²) in [4.78, 5) is 9.81. The van der Waals surface area contributed by atoms with Crippen molar-refractivity contribution in [2.24, 2.45) is 0 Å². The number of hydrogen-bond donors (Lipinski definition) is 0. The summed E-state index contributed by atoms with van der Waals surface area (Å²) in [7, 11) is 0. The number of hydrogen-bond acceptors (Lipinski definition) is 2. The van der Waals surface area contributed by atoms with Crippen molar-refractivity contribution in [3.63, 3.8) is 0 Å². The molecule has 0 saturated heterocycles. The zero-order valence-corrected chi connectivity index (χ0v) is 16.1. The number of aryl methyl sites for hydroxylation is 2. The van der Waals surface area contributed by atoms with Crippen LogP contribution in [0.1, 0.15) is 33.6 Å². The van der Waals surface area contributed by atoms with E-state index in [-0.39, 0.29) is 0 Å². The van der Waals surface area contributed by atoms with Gasteiger partial charge >= 0.3 is 0 Å². The molecule has 0 aliphatic rings. The van der Waals surface area contributed by atoms with Crippen LogP contribution < -0.4 is 0 Å². The third-order valence-corrected chi connectivity index (χ3v) is 4.80. The maximum absolute atomic E-state index is 4.90. The van der Waals surface area contributed by atoms with Crippen LogP contribution in [0.15, 0.2) is 72.8 Å². The zero-order chi connectivity index (χ0) is 19.3. The van der Waals surface area contributed by atoms with E-state index in [2.05, 4.69) is 62.4 Å². The van der Waals surface area contributed by atoms with Crippen molar-refractivity contribution in [3.05, 3.63) is 106 Å². The van der Waals surface area contributed by atoms with Crippen LogP contribution >= 0.6 is 0 Å². The molecule has 2 heteroatoms. The molecule has 0 radical (unpaired) electrons. The smallest absolute Gasteiger partial charge is 0.0897 e. The van der Waals surface area contributed by atoms with E-state index in [4.69, 9.17) is 9.97 Å². The van der Waals surface area contributed by atoms with Gasteiger partial charge in [0.1, 0.15) is 0 Å². The average molecular weight is 362 g/mol. The molecule has 0 aliphatic carbocycles. The van der Waals surface area contributed by atoms with E-state index in [1.54, 1.807) is 0 Å². The molecule has 0 aliphatic heterocycles. The highest BCUT2D eigenvalue weighted by atomic mass is 14.8. The Balaban J connectivity index is 1.81. The van der Waals surface area contributed by atoms with Crippen molar-refractivity contribution in [2.45, 2.75) is 13.8 Å². The maximum atomic E-state index is 4.90. The third kappa shape index (κ3) is 4.07. The molecule has 0 saturated carbocycles. The lowest BCUT2D eigenvalue weighted by molar-refractivity contribution is 1.22. The Morgan fingerprint density at radius 1 is 0.536 bits per heavy atom. The Hall–Kier alpha value is -3.52. The lowest BCUT2D eigenvalue weighted by atomic mass is 10.1. The predicted octanol–water partition coefficient (Wildman–Crippen LogP) is 6.59. The van der Waals surface area contributed by atoms with E-state index in [0.29, 0.717) is 0 Å². The second kappa shape index (κ2) is 8.01. The van der Waals surface area contributed by atoms with Crippen LogP contribution in [0.3, 0.4) is 0 Å². The van der Waals surface area contributed by atoms with Crippen LogP contribution in [0.25, 0.3) is 35.3 Å². The van der Waals surface area contributed by atoms with Gasteiger partial charge in [-0.15, -0.1) is 0 Å². The van der Waals surface area contributed by atoms with E-state index >= 15 is 0 Å². The summed E-state index contributed by atoms with van der Waals surface area (Å²) >= 11 is 0. The Morgan fingerprint density at radius 3 is 1.32 bits per heavy atom. The first-order valence-corrected chi connectivity index (χ1v) is 9.44. The first-order chi connectivity index (χ1) is 13.7. The summed E-state index contributed by atoms with van der Waals surface area (Å²) in [5, 5.41) is 0. The van der Waals surface area contributed by atoms with Crippen LogP contribution in [0, 0.1) is 13.8 Å². The van der Waals surface area contributed by atoms with Gasteiger partial charge in [0.25, 0.3) is 0 Å². The van der Waals surface area contributed by atoms with E-state index in [1.807, 2.05) is 48.6 Å². The minimum Gasteiger partial charge on any atom is -0.244 e. The fourth-order valence-electron chi connectivity index (χ4n) is 3.06. The normalized spacial score (nSPS) is 11.6. The molecule has 1 aromatic heterocycles. The Bertz CT molecular complexity index is 1060. The average Bonchev–Trinajstić information content (AvgIpc) is 2.73. The number of aromatic nitrogens is 2. The highest BCUT2D eigenvalue weighted by Gasteiger charge is 2.06. The summed E-state index contributed by atoms with van der Waals surface area (Å²) < 4.78 is 0. The predicted molar refractivity (Wildman–Crippen MR) is 120 cm³/mol. The van der Waals surface area contributed by atoms with E-state index in [1.165, 1.54) is 11.1 Å². The van der Waals surface area contributed by atoms with Gasteiger partial charge in [-0.05, 0) is 60.4 Å². The molecular formula is C26H22N2. The standard InChI is InChI=1S/C26H22N2/c1-19-17-25-26(18-20(19)2)28-24(16-14-22-11-7-4-8-12-22)23(27-25)15-13-21-9-5-3-6-10-21/h3-18H,1-2H3. The largest absolute Gasteiger partial charge is 0.244 e. The van der Waals surface area contributed by atoms with E-state index in [9.17, 15) is 0 Å². The molecule has 3 aromatic carbocycles. The van der Waals surface area contributed by atoms with Crippen molar-refractivity contribution < 1.29 is 0 Å². The molecule has 4 rings (SSSR count). The fourth-order valence-corrected chi connectivity index (χ4v) is 3.06. The molecule has 0 atom stereocenters. The summed E-state index contributed by atoms with van der Waals surface area (Å²) in [6.45, 7) is 4.22. The highest BCUT2D eigenvalue weighted by molar-refractivity contribution is 5.83. The van der Waals surface area contributed by atoms with Gasteiger partial charge in [0.2, 0.25) is 0 Å². The lowest BCUT2D eigenvalue weighted by Crippen LogP contribution is -1.95. The molecule has 0 N–H and O–H groups in total. The number of nitrogens with zero attached hydrogens (tertiary/aromatic N) is 2. The van der Waals surface area contributed by atoms with Gasteiger partial charge in [0, 0.05) is 0 Å². The fraction of sp³-hybridized carbons (Fsp3) is 0.0769. The Kier molecular flexibility index (Phi) is 5.11. The molecule has 0 unspecified atom stereocenters. The Morgan fingerprint density at radius 2 is 0.929 bits per heavy atom. The van der Waals surface area contributed by atoms with Crippen molar-refractivity contribution >= 4 is 35.3 Å². The quantitative estimate of drug-likeness (QED) is 0.409. The minimum atomic E-state index is 0.867. The van der Waals surface area contributed by atoms with Crippen LogP contribution in [0.4, 0.5) is 0 Å². The summed E-state index contributed by atoms with van der Waals surface area (Å²) in [5.41, 5.74) is 8.32. The molecule has 28 heavy (non-hydrogen) atoms. The van der Waals surface area contributed by atoms with Gasteiger partial charge in [0.05, 0.1) is 22.4 Å². The topological polar surface area (TPSA) is 25.8 Å². The van der Waals surface area contributed by atoms with Crippen molar-refractivity contribution in [1.82, 2.24) is 9.97 Å². The third-order valence-electron chi connectivity index (χ3n) is 4.80. The second-order valence-electron chi connectivity index (χ2n) is 6.91. The molecule has 0 fully saturated rings. The molecule has 0 bridgehead atoms. The number of benzene rings is 3. The zero-order valence-electron chi connectivity index (χ0n) is 16.1. The lowest BCUT2D eigenvalue weighted by Gasteiger charge is -2.07. The minimum absolute atomic E-state index is 0.867. The number of fused-ring (bicyclic) bond motifs is 1. The molecule has 2 nitrogen and oxygen atoms in total. The van der Waals surface area contributed by atoms with Crippen LogP contribution in [-0.2, 0) is 0 Å². The van der Waals surface area contributed by atoms with Gasteiger partial charge in [-0.25, -0.2) is 9.97 Å². The van der Waals surface area contributed by atoms with Crippen LogP contribution in [0.5, 0.6) is 0 Å². The van der Waals surface area contributed by atoms with Crippen LogP contribution in [-0.4, -0.2) is 9.97 Å². The van der Waals surface area contributed by atoms with Crippen molar-refractivity contribution in [2.75, 3.05) is 0 Å². The second-order valence-corrected chi connectivity index (χ2v) is 6.91. The molecule has 1 heterocycles. The van der Waals surface area contributed by atoms with Gasteiger partial charge < -0.3 is 0 Å². The molecule has 136 valence electrons. The van der Waals surface area contributed by atoms with Gasteiger partial charge in [-0.2, -0.15) is 0 Å². The summed E-state index contributed by atoms with van der Waals surface area (Å²) in [5.74, 6) is 0. The summed E-state index contributed by atoms with van der Waals surface area (Å²) in [6.07, 6.45) is 8.25. The first-order valence-electron chi connectivity index (χ1n) is 9.44. The van der Waals surface area contributed by atoms with E-state index in [0.717, 1.165) is 33.5 Å². The van der Waals surface area contributed by atoms with Gasteiger partial charge in [0.15, 0.2) is 0 Å². The Labute approximate surface area is 165 Å².